The van der Waals surface area contributed by atoms with Gasteiger partial charge in [-0.1, -0.05) is 23.9 Å². The zero-order valence-electron chi connectivity index (χ0n) is 12.9. The van der Waals surface area contributed by atoms with E-state index in [-0.39, 0.29) is 17.8 Å². The molecule has 0 fully saturated rings. The van der Waals surface area contributed by atoms with Crippen LogP contribution in [0, 0.1) is 17.0 Å². The number of carbonyl (C=O) groups excluding carboxylic acids is 1. The van der Waals surface area contributed by atoms with E-state index in [1.54, 1.807) is 0 Å². The number of hydrogen-bond donors (Lipinski definition) is 2. The minimum absolute atomic E-state index is 0.0000368. The van der Waals surface area contributed by atoms with Gasteiger partial charge in [-0.25, -0.2) is 5.43 Å². The number of carbonyl (C=O) groups is 1. The van der Waals surface area contributed by atoms with Gasteiger partial charge in [0.2, 0.25) is 0 Å². The number of rotatable bonds is 6. The summed E-state index contributed by atoms with van der Waals surface area (Å²) in [5, 5.41) is 28.8. The van der Waals surface area contributed by atoms with E-state index < -0.39 is 16.6 Å². The lowest BCUT2D eigenvalue weighted by Gasteiger charge is -2.09. The Morgan fingerprint density at radius 1 is 1.29 bits per heavy atom. The Morgan fingerprint density at radius 3 is 2.79 bits per heavy atom. The first-order valence-electron chi connectivity index (χ1n) is 7.03. The molecule has 0 saturated carbocycles. The van der Waals surface area contributed by atoms with Gasteiger partial charge in [-0.15, -0.1) is 0 Å². The van der Waals surface area contributed by atoms with Crippen LogP contribution in [-0.4, -0.2) is 23.6 Å². The van der Waals surface area contributed by atoms with E-state index >= 15 is 0 Å². The highest BCUT2D eigenvalue weighted by molar-refractivity contribution is 5.86. The predicted molar refractivity (Wildman–Crippen MR) is 87.9 cm³/mol. The molecule has 0 aromatic heterocycles. The third-order valence-corrected chi connectivity index (χ3v) is 3.07. The summed E-state index contributed by atoms with van der Waals surface area (Å²) in [7, 11) is 0. The number of anilines is 1. The highest BCUT2D eigenvalue weighted by atomic mass is 16.6. The van der Waals surface area contributed by atoms with Gasteiger partial charge in [0, 0.05) is 17.8 Å². The maximum absolute atomic E-state index is 11.7. The summed E-state index contributed by atoms with van der Waals surface area (Å²) in [5.41, 5.74) is 3.92. The Morgan fingerprint density at radius 2 is 2.08 bits per heavy atom. The number of aryl methyl sites for hydroxylation is 1. The van der Waals surface area contributed by atoms with E-state index in [0.29, 0.717) is 0 Å². The fourth-order valence-electron chi connectivity index (χ4n) is 1.90. The average Bonchev–Trinajstić information content (AvgIpc) is 2.54. The Kier molecular flexibility index (Phi) is 5.45. The van der Waals surface area contributed by atoms with Crippen LogP contribution in [0.15, 0.2) is 47.6 Å². The van der Waals surface area contributed by atoms with E-state index in [1.165, 1.54) is 0 Å². The van der Waals surface area contributed by atoms with Crippen molar-refractivity contribution in [1.82, 2.24) is 5.43 Å². The molecular weight excluding hydrogens is 312 g/mol. The molecule has 0 saturated heterocycles. The monoisotopic (exact) mass is 327 g/mol. The van der Waals surface area contributed by atoms with Crippen LogP contribution < -0.4 is 15.8 Å². The lowest BCUT2D eigenvalue weighted by molar-refractivity contribution is -0.385. The highest BCUT2D eigenvalue weighted by Crippen LogP contribution is 2.18. The van der Waals surface area contributed by atoms with Crippen LogP contribution in [0.3, 0.4) is 0 Å². The lowest BCUT2D eigenvalue weighted by Crippen LogP contribution is -2.25. The molecule has 124 valence electrons. The van der Waals surface area contributed by atoms with Crippen LogP contribution in [-0.2, 0) is 4.79 Å². The zero-order valence-corrected chi connectivity index (χ0v) is 12.9. The van der Waals surface area contributed by atoms with Gasteiger partial charge >= 0.3 is 0 Å². The molecule has 0 aliphatic carbocycles. The molecule has 0 spiro atoms. The van der Waals surface area contributed by atoms with Gasteiger partial charge in [-0.3, -0.25) is 14.9 Å². The number of non-ortho nitro benzene ring substituents is 1. The molecular formula is C16H15N4O4-. The second-order valence-electron chi connectivity index (χ2n) is 5.00. The molecule has 2 N–H and O–H groups in total. The van der Waals surface area contributed by atoms with E-state index in [2.05, 4.69) is 15.8 Å². The van der Waals surface area contributed by atoms with E-state index in [1.807, 2.05) is 31.2 Å². The van der Waals surface area contributed by atoms with Crippen LogP contribution >= 0.6 is 0 Å². The van der Waals surface area contributed by atoms with Crippen molar-refractivity contribution in [1.29, 1.82) is 0 Å². The second kappa shape index (κ2) is 7.73. The summed E-state index contributed by atoms with van der Waals surface area (Å²) in [4.78, 5) is 21.7. The molecule has 0 heterocycles. The number of nitrogens with zero attached hydrogens (tertiary/aromatic N) is 2. The standard InChI is InChI=1S/C16H16N4O4/c1-11-3-2-4-13(7-11)17-10-16(22)19-18-9-12-8-14(20(23)24)5-6-15(12)21/h2-9,17,21H,10H2,1H3,(H,19,22)/p-1. The number of nitro groups is 1. The van der Waals surface area contributed by atoms with Crippen molar-refractivity contribution in [3.05, 3.63) is 63.7 Å². The maximum atomic E-state index is 11.7. The Bertz CT molecular complexity index is 789. The first kappa shape index (κ1) is 16.9. The molecule has 2 aromatic rings. The van der Waals surface area contributed by atoms with Gasteiger partial charge in [0.25, 0.3) is 11.6 Å². The van der Waals surface area contributed by atoms with Crippen LogP contribution in [0.5, 0.6) is 5.75 Å². The Hall–Kier alpha value is -3.42. The third-order valence-electron chi connectivity index (χ3n) is 3.07. The summed E-state index contributed by atoms with van der Waals surface area (Å²) in [6, 6.07) is 10.8. The lowest BCUT2D eigenvalue weighted by atomic mass is 10.2. The SMILES string of the molecule is Cc1cccc(NCC(=O)NN=Cc2cc([N+](=O)[O-])ccc2[O-])c1. The van der Waals surface area contributed by atoms with Crippen molar-refractivity contribution in [3.8, 4) is 5.75 Å². The van der Waals surface area contributed by atoms with Crippen molar-refractivity contribution in [2.45, 2.75) is 6.92 Å². The third kappa shape index (κ3) is 4.80. The first-order valence-corrected chi connectivity index (χ1v) is 7.03. The molecule has 24 heavy (non-hydrogen) atoms. The van der Waals surface area contributed by atoms with Gasteiger partial charge in [0.05, 0.1) is 17.7 Å². The number of hydrogen-bond acceptors (Lipinski definition) is 6. The fraction of sp³-hybridized carbons (Fsp3) is 0.125. The molecule has 0 radical (unpaired) electrons. The van der Waals surface area contributed by atoms with Crippen LogP contribution in [0.2, 0.25) is 0 Å². The number of nitrogens with one attached hydrogen (secondary N) is 2. The normalized spacial score (nSPS) is 10.5. The molecule has 0 bridgehead atoms. The number of benzene rings is 2. The summed E-state index contributed by atoms with van der Waals surface area (Å²) < 4.78 is 0. The molecule has 1 amide bonds. The summed E-state index contributed by atoms with van der Waals surface area (Å²) in [6.45, 7) is 1.94. The van der Waals surface area contributed by atoms with Crippen LogP contribution in [0.4, 0.5) is 11.4 Å². The van der Waals surface area contributed by atoms with E-state index in [0.717, 1.165) is 35.7 Å². The summed E-state index contributed by atoms with van der Waals surface area (Å²) in [5.74, 6) is -0.831. The Balaban J connectivity index is 1.90. The summed E-state index contributed by atoms with van der Waals surface area (Å²) in [6.07, 6.45) is 1.08. The van der Waals surface area contributed by atoms with Crippen LogP contribution in [0.25, 0.3) is 0 Å². The van der Waals surface area contributed by atoms with Gasteiger partial charge < -0.3 is 10.4 Å². The topological polar surface area (TPSA) is 120 Å². The van der Waals surface area contributed by atoms with E-state index in [9.17, 15) is 20.0 Å². The second-order valence-corrected chi connectivity index (χ2v) is 5.00. The molecule has 0 aliphatic rings. The van der Waals surface area contributed by atoms with Gasteiger partial charge in [-0.2, -0.15) is 5.10 Å². The minimum Gasteiger partial charge on any atom is -0.872 e. The van der Waals surface area contributed by atoms with Crippen molar-refractivity contribution in [3.63, 3.8) is 0 Å². The number of amides is 1. The van der Waals surface area contributed by atoms with Crippen molar-refractivity contribution >= 4 is 23.5 Å². The fourth-order valence-corrected chi connectivity index (χ4v) is 1.90. The smallest absolute Gasteiger partial charge is 0.270 e. The molecule has 8 nitrogen and oxygen atoms in total. The first-order chi connectivity index (χ1) is 11.5. The molecule has 0 unspecified atom stereocenters. The number of nitro benzene ring substituents is 1. The van der Waals surface area contributed by atoms with Crippen LogP contribution in [0.1, 0.15) is 11.1 Å². The van der Waals surface area contributed by atoms with Gasteiger partial charge in [0.15, 0.2) is 0 Å². The van der Waals surface area contributed by atoms with E-state index in [4.69, 9.17) is 0 Å². The minimum atomic E-state index is -0.610. The van der Waals surface area contributed by atoms with Crippen molar-refractivity contribution in [2.24, 2.45) is 5.10 Å². The maximum Gasteiger partial charge on any atom is 0.270 e. The van der Waals surface area contributed by atoms with Gasteiger partial charge in [-0.05, 0) is 30.2 Å². The summed E-state index contributed by atoms with van der Waals surface area (Å²) >= 11 is 0. The quantitative estimate of drug-likeness (QED) is 0.474. The van der Waals surface area contributed by atoms with Crippen molar-refractivity contribution < 1.29 is 14.8 Å². The largest absolute Gasteiger partial charge is 0.872 e. The highest BCUT2D eigenvalue weighted by Gasteiger charge is 2.05. The molecule has 0 aliphatic heterocycles. The van der Waals surface area contributed by atoms with Crippen molar-refractivity contribution in [2.75, 3.05) is 11.9 Å². The predicted octanol–water partition coefficient (Wildman–Crippen LogP) is 1.54. The Labute approximate surface area is 138 Å². The number of hydrazone groups is 1. The molecule has 2 rings (SSSR count). The molecule has 2 aromatic carbocycles. The molecule has 8 heteroatoms. The van der Waals surface area contributed by atoms with Gasteiger partial charge in [0.1, 0.15) is 0 Å². The molecule has 0 atom stereocenters. The average molecular weight is 327 g/mol. The zero-order chi connectivity index (χ0) is 17.5.